The Balaban J connectivity index is 2.48. The SMILES string of the molecule is CCCCC(NC(=O)NCc1ccc(F)c(F)c1)C(=O)O. The summed E-state index contributed by atoms with van der Waals surface area (Å²) < 4.78 is 25.7. The smallest absolute Gasteiger partial charge is 0.326 e. The molecule has 0 aromatic heterocycles. The second-order valence-corrected chi connectivity index (χ2v) is 4.61. The van der Waals surface area contributed by atoms with Crippen LogP contribution < -0.4 is 10.6 Å². The summed E-state index contributed by atoms with van der Waals surface area (Å²) in [7, 11) is 0. The van der Waals surface area contributed by atoms with Gasteiger partial charge in [0.1, 0.15) is 6.04 Å². The van der Waals surface area contributed by atoms with Crippen LogP contribution in [0.15, 0.2) is 18.2 Å². The van der Waals surface area contributed by atoms with E-state index in [1.165, 1.54) is 6.07 Å². The van der Waals surface area contributed by atoms with Gasteiger partial charge >= 0.3 is 12.0 Å². The Morgan fingerprint density at radius 3 is 2.57 bits per heavy atom. The van der Waals surface area contributed by atoms with Crippen molar-refractivity contribution in [3.63, 3.8) is 0 Å². The first kappa shape index (κ1) is 16.9. The molecule has 2 amide bonds. The zero-order valence-corrected chi connectivity index (χ0v) is 11.7. The minimum absolute atomic E-state index is 0.0247. The van der Waals surface area contributed by atoms with Crippen LogP contribution in [0.2, 0.25) is 0 Å². The number of carboxylic acids is 1. The summed E-state index contributed by atoms with van der Waals surface area (Å²) in [4.78, 5) is 22.6. The summed E-state index contributed by atoms with van der Waals surface area (Å²) in [5.74, 6) is -3.07. The number of aliphatic carboxylic acids is 1. The number of hydrogen-bond donors (Lipinski definition) is 3. The van der Waals surface area contributed by atoms with Gasteiger partial charge in [0.25, 0.3) is 0 Å². The fourth-order valence-corrected chi connectivity index (χ4v) is 1.71. The number of urea groups is 1. The third-order valence-corrected chi connectivity index (χ3v) is 2.89. The standard InChI is InChI=1S/C14H18F2N2O3/c1-2-3-4-12(13(19)20)18-14(21)17-8-9-5-6-10(15)11(16)7-9/h5-7,12H,2-4,8H2,1H3,(H,19,20)(H2,17,18,21). The Labute approximate surface area is 121 Å². The number of amides is 2. The molecule has 0 aliphatic rings. The maximum absolute atomic E-state index is 13.0. The largest absolute Gasteiger partial charge is 0.480 e. The van der Waals surface area contributed by atoms with E-state index in [4.69, 9.17) is 5.11 Å². The van der Waals surface area contributed by atoms with E-state index in [1.807, 2.05) is 6.92 Å². The molecule has 0 saturated heterocycles. The Bertz CT molecular complexity index is 509. The zero-order valence-electron chi connectivity index (χ0n) is 11.7. The fraction of sp³-hybridized carbons (Fsp3) is 0.429. The molecule has 5 nitrogen and oxygen atoms in total. The molecule has 21 heavy (non-hydrogen) atoms. The minimum atomic E-state index is -1.11. The van der Waals surface area contributed by atoms with Crippen LogP contribution in [-0.4, -0.2) is 23.1 Å². The van der Waals surface area contributed by atoms with E-state index >= 15 is 0 Å². The molecule has 3 N–H and O–H groups in total. The highest BCUT2D eigenvalue weighted by Gasteiger charge is 2.18. The molecule has 116 valence electrons. The molecule has 0 aliphatic heterocycles. The van der Waals surface area contributed by atoms with Crippen LogP contribution in [0.25, 0.3) is 0 Å². The van der Waals surface area contributed by atoms with E-state index in [-0.39, 0.29) is 6.54 Å². The van der Waals surface area contributed by atoms with Gasteiger partial charge in [0.15, 0.2) is 11.6 Å². The predicted octanol–water partition coefficient (Wildman–Crippen LogP) is 2.41. The number of halogens is 2. The normalized spacial score (nSPS) is 11.8. The number of rotatable bonds is 7. The van der Waals surface area contributed by atoms with Crippen LogP contribution in [0, 0.1) is 11.6 Å². The molecule has 1 aromatic rings. The van der Waals surface area contributed by atoms with E-state index in [1.54, 1.807) is 0 Å². The summed E-state index contributed by atoms with van der Waals surface area (Å²) in [5.41, 5.74) is 0.379. The van der Waals surface area contributed by atoms with Crippen LogP contribution in [0.3, 0.4) is 0 Å². The van der Waals surface area contributed by atoms with E-state index in [9.17, 15) is 18.4 Å². The van der Waals surface area contributed by atoms with Gasteiger partial charge in [-0.2, -0.15) is 0 Å². The number of nitrogens with one attached hydrogen (secondary N) is 2. The zero-order chi connectivity index (χ0) is 15.8. The lowest BCUT2D eigenvalue weighted by Crippen LogP contribution is -2.45. The van der Waals surface area contributed by atoms with Gasteiger partial charge in [0.2, 0.25) is 0 Å². The summed E-state index contributed by atoms with van der Waals surface area (Å²) in [6.45, 7) is 1.89. The van der Waals surface area contributed by atoms with Gasteiger partial charge in [-0.25, -0.2) is 18.4 Å². The molecular formula is C14H18F2N2O3. The van der Waals surface area contributed by atoms with Crippen molar-refractivity contribution in [3.8, 4) is 0 Å². The van der Waals surface area contributed by atoms with E-state index in [2.05, 4.69) is 10.6 Å². The molecule has 1 atom stereocenters. The highest BCUT2D eigenvalue weighted by atomic mass is 19.2. The van der Waals surface area contributed by atoms with Crippen molar-refractivity contribution in [3.05, 3.63) is 35.4 Å². The van der Waals surface area contributed by atoms with Crippen molar-refractivity contribution in [1.82, 2.24) is 10.6 Å². The molecule has 0 aliphatic carbocycles. The first-order valence-electron chi connectivity index (χ1n) is 6.65. The minimum Gasteiger partial charge on any atom is -0.480 e. The number of hydrogen-bond acceptors (Lipinski definition) is 2. The van der Waals surface area contributed by atoms with Crippen LogP contribution in [0.5, 0.6) is 0 Å². The summed E-state index contributed by atoms with van der Waals surface area (Å²) >= 11 is 0. The molecule has 1 unspecified atom stereocenters. The number of benzene rings is 1. The first-order chi connectivity index (χ1) is 9.93. The van der Waals surface area contributed by atoms with Crippen LogP contribution >= 0.6 is 0 Å². The molecule has 0 spiro atoms. The number of carbonyl (C=O) groups excluding carboxylic acids is 1. The Hall–Kier alpha value is -2.18. The molecule has 0 bridgehead atoms. The van der Waals surface area contributed by atoms with Gasteiger partial charge in [0.05, 0.1) is 0 Å². The lowest BCUT2D eigenvalue weighted by atomic mass is 10.1. The third-order valence-electron chi connectivity index (χ3n) is 2.89. The molecule has 7 heteroatoms. The van der Waals surface area contributed by atoms with Crippen molar-refractivity contribution in [2.75, 3.05) is 0 Å². The average Bonchev–Trinajstić information content (AvgIpc) is 2.44. The van der Waals surface area contributed by atoms with E-state index in [0.29, 0.717) is 18.4 Å². The van der Waals surface area contributed by atoms with E-state index in [0.717, 1.165) is 18.6 Å². The number of carboxylic acid groups (broad SMARTS) is 1. The fourth-order valence-electron chi connectivity index (χ4n) is 1.71. The lowest BCUT2D eigenvalue weighted by Gasteiger charge is -2.14. The Kier molecular flexibility index (Phi) is 6.58. The van der Waals surface area contributed by atoms with Crippen LogP contribution in [0.1, 0.15) is 31.7 Å². The van der Waals surface area contributed by atoms with Gasteiger partial charge < -0.3 is 15.7 Å². The van der Waals surface area contributed by atoms with Crippen molar-refractivity contribution in [1.29, 1.82) is 0 Å². The maximum atomic E-state index is 13.0. The second kappa shape index (κ2) is 8.18. The van der Waals surface area contributed by atoms with Crippen molar-refractivity contribution in [2.45, 2.75) is 38.8 Å². The monoisotopic (exact) mass is 300 g/mol. The Morgan fingerprint density at radius 1 is 1.29 bits per heavy atom. The maximum Gasteiger partial charge on any atom is 0.326 e. The second-order valence-electron chi connectivity index (χ2n) is 4.61. The van der Waals surface area contributed by atoms with Gasteiger partial charge in [-0.05, 0) is 24.1 Å². The van der Waals surface area contributed by atoms with Crippen LogP contribution in [-0.2, 0) is 11.3 Å². The molecular weight excluding hydrogens is 282 g/mol. The Morgan fingerprint density at radius 2 is 2.00 bits per heavy atom. The predicted molar refractivity (Wildman–Crippen MR) is 72.7 cm³/mol. The molecule has 0 heterocycles. The molecule has 1 rings (SSSR count). The molecule has 0 fully saturated rings. The quantitative estimate of drug-likeness (QED) is 0.723. The molecule has 0 saturated carbocycles. The van der Waals surface area contributed by atoms with Gasteiger partial charge in [0, 0.05) is 6.54 Å². The summed E-state index contributed by atoms with van der Waals surface area (Å²) in [5, 5.41) is 13.7. The summed E-state index contributed by atoms with van der Waals surface area (Å²) in [6, 6.07) is 1.65. The van der Waals surface area contributed by atoms with Gasteiger partial charge in [-0.3, -0.25) is 0 Å². The van der Waals surface area contributed by atoms with Crippen molar-refractivity contribution >= 4 is 12.0 Å². The average molecular weight is 300 g/mol. The topological polar surface area (TPSA) is 78.4 Å². The highest BCUT2D eigenvalue weighted by Crippen LogP contribution is 2.08. The summed E-state index contributed by atoms with van der Waals surface area (Å²) in [6.07, 6.45) is 1.84. The third kappa shape index (κ3) is 5.76. The van der Waals surface area contributed by atoms with Crippen molar-refractivity contribution in [2.24, 2.45) is 0 Å². The molecule has 1 aromatic carbocycles. The van der Waals surface area contributed by atoms with Crippen molar-refractivity contribution < 1.29 is 23.5 Å². The number of carbonyl (C=O) groups is 2. The van der Waals surface area contributed by atoms with E-state index < -0.39 is 29.7 Å². The molecule has 0 radical (unpaired) electrons. The first-order valence-corrected chi connectivity index (χ1v) is 6.65. The lowest BCUT2D eigenvalue weighted by molar-refractivity contribution is -0.139. The number of unbranched alkanes of at least 4 members (excludes halogenated alkanes) is 1. The van der Waals surface area contributed by atoms with Crippen LogP contribution in [0.4, 0.5) is 13.6 Å². The van der Waals surface area contributed by atoms with Gasteiger partial charge in [-0.1, -0.05) is 25.8 Å². The highest BCUT2D eigenvalue weighted by molar-refractivity contribution is 5.82. The van der Waals surface area contributed by atoms with Gasteiger partial charge in [-0.15, -0.1) is 0 Å².